The second kappa shape index (κ2) is 13.9. The second-order valence-corrected chi connectivity index (χ2v) is 15.6. The fraction of sp³-hybridized carbons (Fsp3) is 0.550. The average molecular weight is 672 g/mol. The normalized spacial score (nSPS) is 28.4. The largest absolute Gasteiger partial charge is 0.493 e. The molecule has 0 unspecified atom stereocenters. The van der Waals surface area contributed by atoms with Gasteiger partial charge in [-0.3, -0.25) is 4.98 Å². The van der Waals surface area contributed by atoms with Crippen molar-refractivity contribution in [2.24, 2.45) is 11.8 Å². The predicted octanol–water partition coefficient (Wildman–Crippen LogP) is 8.33. The topological polar surface area (TPSA) is 92.7 Å². The Labute approximate surface area is 290 Å². The number of aromatic nitrogens is 1. The van der Waals surface area contributed by atoms with Gasteiger partial charge in [-0.15, -0.1) is 0 Å². The van der Waals surface area contributed by atoms with Gasteiger partial charge < -0.3 is 25.2 Å². The number of nitrogens with one attached hydrogen (secondary N) is 2. The van der Waals surface area contributed by atoms with Gasteiger partial charge in [0.25, 0.3) is 0 Å². The minimum Gasteiger partial charge on any atom is -0.493 e. The average Bonchev–Trinajstić information content (AvgIpc) is 3.70. The zero-order valence-corrected chi connectivity index (χ0v) is 29.2. The lowest BCUT2D eigenvalue weighted by atomic mass is 9.59. The zero-order valence-electron chi connectivity index (χ0n) is 28.4. The Morgan fingerprint density at radius 2 is 1.96 bits per heavy atom. The van der Waals surface area contributed by atoms with Crippen molar-refractivity contribution in [3.63, 3.8) is 0 Å². The maximum Gasteiger partial charge on any atom is 0.329 e. The molecular weight excluding hydrogens is 622 g/mol. The van der Waals surface area contributed by atoms with E-state index in [2.05, 4.69) is 47.7 Å². The number of rotatable bonds is 11. The quantitative estimate of drug-likeness (QED) is 0.189. The van der Waals surface area contributed by atoms with Gasteiger partial charge in [0, 0.05) is 34.2 Å². The van der Waals surface area contributed by atoms with Crippen LogP contribution in [0.2, 0.25) is 5.02 Å². The molecule has 4 aliphatic rings. The van der Waals surface area contributed by atoms with Crippen LogP contribution in [0.25, 0.3) is 0 Å². The number of hydrogen-bond donors (Lipinski definition) is 3. The number of aliphatic carboxylic acids is 1. The smallest absolute Gasteiger partial charge is 0.329 e. The van der Waals surface area contributed by atoms with Crippen molar-refractivity contribution in [3.8, 4) is 11.5 Å². The van der Waals surface area contributed by atoms with Gasteiger partial charge >= 0.3 is 5.97 Å². The molecule has 48 heavy (non-hydrogen) atoms. The van der Waals surface area contributed by atoms with Crippen molar-refractivity contribution in [2.75, 3.05) is 25.1 Å². The molecule has 1 spiro atoms. The first-order chi connectivity index (χ1) is 23.2. The van der Waals surface area contributed by atoms with Crippen LogP contribution in [0.1, 0.15) is 99.9 Å². The summed E-state index contributed by atoms with van der Waals surface area (Å²) in [5, 5.41) is 18.2. The molecule has 8 heteroatoms. The number of carbonyl (C=O) groups is 1. The number of nitrogens with zero attached hydrogens (tertiary/aromatic N) is 1. The third-order valence-electron chi connectivity index (χ3n) is 11.9. The van der Waals surface area contributed by atoms with Crippen molar-refractivity contribution < 1.29 is 19.4 Å². The van der Waals surface area contributed by atoms with Crippen molar-refractivity contribution in [3.05, 3.63) is 82.1 Å². The van der Waals surface area contributed by atoms with Crippen LogP contribution in [0.3, 0.4) is 0 Å². The van der Waals surface area contributed by atoms with E-state index in [1.54, 1.807) is 0 Å². The Morgan fingerprint density at radius 1 is 1.10 bits per heavy atom. The van der Waals surface area contributed by atoms with E-state index in [0.717, 1.165) is 62.3 Å². The number of halogens is 1. The van der Waals surface area contributed by atoms with E-state index in [0.29, 0.717) is 54.9 Å². The molecule has 0 amide bonds. The maximum atomic E-state index is 12.9. The molecule has 7 nitrogen and oxygen atoms in total. The number of hydrogen-bond acceptors (Lipinski definition) is 6. The van der Waals surface area contributed by atoms with Crippen molar-refractivity contribution in [1.29, 1.82) is 0 Å². The van der Waals surface area contributed by atoms with Crippen LogP contribution in [0, 0.1) is 11.8 Å². The Kier molecular flexibility index (Phi) is 9.63. The van der Waals surface area contributed by atoms with E-state index in [-0.39, 0.29) is 5.41 Å². The number of carboxylic acids is 1. The van der Waals surface area contributed by atoms with Crippen LogP contribution in [-0.2, 0) is 23.1 Å². The van der Waals surface area contributed by atoms with Gasteiger partial charge in [0.2, 0.25) is 0 Å². The van der Waals surface area contributed by atoms with E-state index < -0.39 is 11.5 Å². The molecule has 0 bridgehead atoms. The Morgan fingerprint density at radius 3 is 2.73 bits per heavy atom. The molecule has 7 rings (SSSR count). The van der Waals surface area contributed by atoms with Crippen LogP contribution in [-0.4, -0.2) is 47.4 Å². The van der Waals surface area contributed by atoms with Gasteiger partial charge in [0.05, 0.1) is 6.61 Å². The number of carboxylic acid groups (broad SMARTS) is 1. The highest BCUT2D eigenvalue weighted by Gasteiger charge is 2.54. The van der Waals surface area contributed by atoms with Gasteiger partial charge in [-0.05, 0) is 148 Å². The monoisotopic (exact) mass is 671 g/mol. The van der Waals surface area contributed by atoms with Gasteiger partial charge in [0.1, 0.15) is 23.6 Å². The number of anilines is 1. The molecule has 1 aliphatic heterocycles. The first kappa shape index (κ1) is 33.2. The van der Waals surface area contributed by atoms with Gasteiger partial charge in [-0.1, -0.05) is 37.6 Å². The van der Waals surface area contributed by atoms with Crippen molar-refractivity contribution in [1.82, 2.24) is 10.3 Å². The van der Waals surface area contributed by atoms with Crippen LogP contribution in [0.4, 0.5) is 5.69 Å². The fourth-order valence-electron chi connectivity index (χ4n) is 9.26. The highest BCUT2D eigenvalue weighted by Crippen LogP contribution is 2.57. The number of fused-ring (bicyclic) bond motifs is 3. The van der Waals surface area contributed by atoms with Gasteiger partial charge in [-0.2, -0.15) is 0 Å². The Bertz CT molecular complexity index is 1610. The molecule has 3 aliphatic carbocycles. The molecule has 1 aromatic heterocycles. The van der Waals surface area contributed by atoms with Gasteiger partial charge in [-0.25, -0.2) is 4.79 Å². The Balaban J connectivity index is 1.12. The molecule has 1 saturated carbocycles. The fourth-order valence-corrected chi connectivity index (χ4v) is 9.45. The van der Waals surface area contributed by atoms with Crippen molar-refractivity contribution >= 4 is 23.3 Å². The third kappa shape index (κ3) is 6.65. The summed E-state index contributed by atoms with van der Waals surface area (Å²) in [6, 6.07) is 16.5. The first-order valence-electron chi connectivity index (χ1n) is 18.1. The van der Waals surface area contributed by atoms with Crippen molar-refractivity contribution in [2.45, 2.75) is 107 Å². The number of aryl methyl sites for hydroxylation is 1. The molecule has 3 aromatic rings. The van der Waals surface area contributed by atoms with Crippen LogP contribution >= 0.6 is 11.6 Å². The molecule has 1 saturated heterocycles. The van der Waals surface area contributed by atoms with E-state index >= 15 is 0 Å². The molecule has 3 N–H and O–H groups in total. The highest BCUT2D eigenvalue weighted by molar-refractivity contribution is 6.30. The zero-order chi connectivity index (χ0) is 33.3. The Hall–Kier alpha value is -3.29. The van der Waals surface area contributed by atoms with E-state index in [4.69, 9.17) is 21.1 Å². The van der Waals surface area contributed by atoms with Gasteiger partial charge in [0.15, 0.2) is 0 Å². The van der Waals surface area contributed by atoms with Crippen LogP contribution in [0.15, 0.2) is 54.7 Å². The predicted molar refractivity (Wildman–Crippen MR) is 191 cm³/mol. The summed E-state index contributed by atoms with van der Waals surface area (Å²) < 4.78 is 12.9. The lowest BCUT2D eigenvalue weighted by Crippen LogP contribution is -2.53. The summed E-state index contributed by atoms with van der Waals surface area (Å²) in [7, 11) is 0. The summed E-state index contributed by atoms with van der Waals surface area (Å²) in [4.78, 5) is 17.6. The summed E-state index contributed by atoms with van der Waals surface area (Å²) in [6.45, 7) is 6.99. The lowest BCUT2D eigenvalue weighted by Gasteiger charge is -2.47. The van der Waals surface area contributed by atoms with E-state index in [1.165, 1.54) is 41.6 Å². The molecule has 4 atom stereocenters. The molecular formula is C40H50ClN3O4. The van der Waals surface area contributed by atoms with Crippen LogP contribution in [0.5, 0.6) is 11.5 Å². The number of benzene rings is 2. The minimum absolute atomic E-state index is 0.117. The molecule has 2 fully saturated rings. The molecule has 2 heterocycles. The highest BCUT2D eigenvalue weighted by atomic mass is 35.5. The third-order valence-corrected chi connectivity index (χ3v) is 12.1. The standard InChI is InChI=1S/C40H50ClN3O4/c1-26(24-48-36-13-19-43-35-10-3-6-27(2)37(35)36)20-29-21-28-11-12-33(47-25-32-9-5-18-42-32)23-34(28)39(29)14-16-40(17-15-39,38(45)46)44-31-8-4-7-30(41)22-31/h4,7-8,11-13,19,22-23,26-27,29,32,42,44H,3,5-6,9-10,14-18,20-21,24-25H2,1-2H3,(H,45,46)/t26-,27-,29+,32-,39?,40?/m1/s1. The molecule has 0 radical (unpaired) electrons. The SMILES string of the molecule is C[C@@H](COc1ccnc2c1[C@H](C)CCC2)C[C@H]1Cc2ccc(OC[C@H]3CCCN3)cc2C12CCC(Nc1cccc(Cl)c1)(C(=O)O)CC2. The minimum atomic E-state index is -1.04. The molecule has 256 valence electrons. The lowest BCUT2D eigenvalue weighted by molar-refractivity contribution is -0.144. The molecule has 2 aromatic carbocycles. The van der Waals surface area contributed by atoms with E-state index in [1.807, 2.05) is 36.5 Å². The number of ether oxygens (including phenoxy) is 2. The van der Waals surface area contributed by atoms with E-state index in [9.17, 15) is 9.90 Å². The first-order valence-corrected chi connectivity index (χ1v) is 18.5. The summed E-state index contributed by atoms with van der Waals surface area (Å²) in [5.41, 5.74) is 4.81. The summed E-state index contributed by atoms with van der Waals surface area (Å²) >= 11 is 6.28. The van der Waals surface area contributed by atoms with Crippen LogP contribution < -0.4 is 20.1 Å². The maximum absolute atomic E-state index is 12.9. The summed E-state index contributed by atoms with van der Waals surface area (Å²) in [5.74, 6) is 2.31. The number of pyridine rings is 1. The summed E-state index contributed by atoms with van der Waals surface area (Å²) in [6.07, 6.45) is 12.3. The second-order valence-electron chi connectivity index (χ2n) is 15.1.